The molecule has 11 heteroatoms. The van der Waals surface area contributed by atoms with E-state index in [9.17, 15) is 32.1 Å². The van der Waals surface area contributed by atoms with Crippen molar-refractivity contribution < 1.29 is 26.9 Å². The van der Waals surface area contributed by atoms with Gasteiger partial charge >= 0.3 is 5.76 Å². The highest BCUT2D eigenvalue weighted by Gasteiger charge is 2.30. The first-order chi connectivity index (χ1) is 14.6. The monoisotopic (exact) mass is 453 g/mol. The quantitative estimate of drug-likeness (QED) is 0.521. The SMILES string of the molecule is CC1CCN(c2ccc(C(=O)Nc3ccccc3S(=O)(=O)C(F)F)cc2[N+](=O)[O-])CC1. The zero-order valence-electron chi connectivity index (χ0n) is 16.6. The Bertz CT molecular complexity index is 1100. The minimum atomic E-state index is -4.95. The Balaban J connectivity index is 1.90. The molecular weight excluding hydrogens is 432 g/mol. The number of nitro groups is 1. The first kappa shape index (κ1) is 22.6. The standard InChI is InChI=1S/C20H21F2N3O5S/c1-13-8-10-24(11-9-13)16-7-6-14(12-17(16)25(27)28)19(26)23-15-4-2-3-5-18(15)31(29,30)20(21)22/h2-7,12-13,20H,8-11H2,1H3,(H,23,26). The molecule has 1 amide bonds. The number of hydrogen-bond acceptors (Lipinski definition) is 6. The molecule has 1 aliphatic rings. The lowest BCUT2D eigenvalue weighted by Gasteiger charge is -2.31. The molecule has 0 unspecified atom stereocenters. The third-order valence-corrected chi connectivity index (χ3v) is 6.67. The van der Waals surface area contributed by atoms with Gasteiger partial charge in [-0.2, -0.15) is 8.78 Å². The average molecular weight is 453 g/mol. The molecular formula is C20H21F2N3O5S. The van der Waals surface area contributed by atoms with Gasteiger partial charge in [-0.15, -0.1) is 0 Å². The molecule has 1 fully saturated rings. The van der Waals surface area contributed by atoms with Crippen LogP contribution in [-0.2, 0) is 9.84 Å². The summed E-state index contributed by atoms with van der Waals surface area (Å²) >= 11 is 0. The maximum Gasteiger partial charge on any atom is 0.341 e. The highest BCUT2D eigenvalue weighted by molar-refractivity contribution is 7.91. The van der Waals surface area contributed by atoms with Crippen molar-refractivity contribution >= 4 is 32.8 Å². The molecule has 0 spiro atoms. The van der Waals surface area contributed by atoms with Gasteiger partial charge in [0.15, 0.2) is 0 Å². The maximum absolute atomic E-state index is 12.9. The van der Waals surface area contributed by atoms with Crippen molar-refractivity contribution in [1.82, 2.24) is 0 Å². The summed E-state index contributed by atoms with van der Waals surface area (Å²) in [5, 5.41) is 13.9. The fourth-order valence-electron chi connectivity index (χ4n) is 3.44. The smallest absolute Gasteiger partial charge is 0.341 e. The maximum atomic E-state index is 12.9. The summed E-state index contributed by atoms with van der Waals surface area (Å²) in [5.41, 5.74) is -0.278. The molecule has 1 heterocycles. The van der Waals surface area contributed by atoms with Crippen molar-refractivity contribution in [1.29, 1.82) is 0 Å². The Morgan fingerprint density at radius 3 is 2.45 bits per heavy atom. The molecule has 31 heavy (non-hydrogen) atoms. The fraction of sp³-hybridized carbons (Fsp3) is 0.350. The Kier molecular flexibility index (Phi) is 6.54. The van der Waals surface area contributed by atoms with Gasteiger partial charge in [0.1, 0.15) is 5.69 Å². The number of halogens is 2. The van der Waals surface area contributed by atoms with Crippen LogP contribution in [0.2, 0.25) is 0 Å². The summed E-state index contributed by atoms with van der Waals surface area (Å²) in [6.07, 6.45) is 1.80. The zero-order valence-corrected chi connectivity index (χ0v) is 17.4. The van der Waals surface area contributed by atoms with Gasteiger partial charge in [0.05, 0.1) is 15.5 Å². The normalized spacial score (nSPS) is 15.2. The fourth-order valence-corrected chi connectivity index (χ4v) is 4.32. The predicted octanol–water partition coefficient (Wildman–Crippen LogP) is 4.08. The van der Waals surface area contributed by atoms with Crippen molar-refractivity contribution in [3.05, 3.63) is 58.1 Å². The zero-order chi connectivity index (χ0) is 22.8. The summed E-state index contributed by atoms with van der Waals surface area (Å²) < 4.78 is 49.6. The third kappa shape index (κ3) is 4.82. The van der Waals surface area contributed by atoms with E-state index in [1.165, 1.54) is 30.3 Å². The lowest BCUT2D eigenvalue weighted by Crippen LogP contribution is -2.33. The Morgan fingerprint density at radius 2 is 1.84 bits per heavy atom. The topological polar surface area (TPSA) is 110 Å². The van der Waals surface area contributed by atoms with Crippen LogP contribution in [-0.4, -0.2) is 38.1 Å². The van der Waals surface area contributed by atoms with Gasteiger partial charge in [-0.1, -0.05) is 19.1 Å². The van der Waals surface area contributed by atoms with Crippen LogP contribution in [0.4, 0.5) is 25.8 Å². The second-order valence-corrected chi connectivity index (χ2v) is 9.27. The number of para-hydroxylation sites is 1. The molecule has 1 saturated heterocycles. The summed E-state index contributed by atoms with van der Waals surface area (Å²) in [5.74, 6) is -3.97. The molecule has 0 radical (unpaired) electrons. The molecule has 0 saturated carbocycles. The average Bonchev–Trinajstić information content (AvgIpc) is 2.74. The van der Waals surface area contributed by atoms with Crippen molar-refractivity contribution in [3.63, 3.8) is 0 Å². The molecule has 0 atom stereocenters. The minimum Gasteiger partial charge on any atom is -0.366 e. The number of anilines is 2. The van der Waals surface area contributed by atoms with E-state index in [-0.39, 0.29) is 16.9 Å². The summed E-state index contributed by atoms with van der Waals surface area (Å²) in [7, 11) is -4.95. The van der Waals surface area contributed by atoms with Crippen molar-refractivity contribution in [2.24, 2.45) is 5.92 Å². The van der Waals surface area contributed by atoms with Crippen LogP contribution in [0, 0.1) is 16.0 Å². The van der Waals surface area contributed by atoms with E-state index in [2.05, 4.69) is 12.2 Å². The summed E-state index contributed by atoms with van der Waals surface area (Å²) in [6, 6.07) is 8.73. The number of benzene rings is 2. The highest BCUT2D eigenvalue weighted by atomic mass is 32.2. The summed E-state index contributed by atoms with van der Waals surface area (Å²) in [6.45, 7) is 3.43. The lowest BCUT2D eigenvalue weighted by atomic mass is 9.98. The van der Waals surface area contributed by atoms with Crippen LogP contribution in [0.3, 0.4) is 0 Å². The van der Waals surface area contributed by atoms with Gasteiger partial charge in [-0.05, 0) is 43.0 Å². The summed E-state index contributed by atoms with van der Waals surface area (Å²) in [4.78, 5) is 24.8. The Labute approximate surface area is 177 Å². The van der Waals surface area contributed by atoms with Crippen molar-refractivity contribution in [3.8, 4) is 0 Å². The number of amides is 1. The Hall–Kier alpha value is -3.08. The number of hydrogen-bond donors (Lipinski definition) is 1. The van der Waals surface area contributed by atoms with E-state index >= 15 is 0 Å². The van der Waals surface area contributed by atoms with Gasteiger partial charge in [0.25, 0.3) is 11.6 Å². The van der Waals surface area contributed by atoms with Crippen molar-refractivity contribution in [2.45, 2.75) is 30.4 Å². The van der Waals surface area contributed by atoms with Crippen LogP contribution in [0.5, 0.6) is 0 Å². The number of carbonyl (C=O) groups is 1. The second kappa shape index (κ2) is 8.96. The van der Waals surface area contributed by atoms with Crippen LogP contribution >= 0.6 is 0 Å². The van der Waals surface area contributed by atoms with Gasteiger partial charge in [-0.25, -0.2) is 8.42 Å². The van der Waals surface area contributed by atoms with E-state index in [0.717, 1.165) is 25.0 Å². The van der Waals surface area contributed by atoms with Gasteiger partial charge < -0.3 is 10.2 Å². The molecule has 1 aliphatic heterocycles. The van der Waals surface area contributed by atoms with Gasteiger partial charge in [-0.3, -0.25) is 14.9 Å². The molecule has 0 aliphatic carbocycles. The molecule has 0 aromatic heterocycles. The van der Waals surface area contributed by atoms with Crippen LogP contribution in [0.25, 0.3) is 0 Å². The van der Waals surface area contributed by atoms with E-state index in [1.807, 2.05) is 4.90 Å². The molecule has 2 aromatic rings. The molecule has 2 aromatic carbocycles. The first-order valence-corrected chi connectivity index (χ1v) is 11.1. The molecule has 166 valence electrons. The number of carbonyl (C=O) groups excluding carboxylic acids is 1. The molecule has 3 rings (SSSR count). The van der Waals surface area contributed by atoms with E-state index in [1.54, 1.807) is 0 Å². The van der Waals surface area contributed by atoms with Crippen LogP contribution < -0.4 is 10.2 Å². The molecule has 0 bridgehead atoms. The largest absolute Gasteiger partial charge is 0.366 e. The number of rotatable bonds is 6. The van der Waals surface area contributed by atoms with Crippen LogP contribution in [0.1, 0.15) is 30.1 Å². The molecule has 1 N–H and O–H groups in total. The number of nitrogens with zero attached hydrogens (tertiary/aromatic N) is 2. The van der Waals surface area contributed by atoms with E-state index in [0.29, 0.717) is 24.7 Å². The van der Waals surface area contributed by atoms with E-state index in [4.69, 9.17) is 0 Å². The second-order valence-electron chi connectivity index (χ2n) is 7.39. The number of alkyl halides is 2. The number of sulfone groups is 1. The van der Waals surface area contributed by atoms with Gasteiger partial charge in [0.2, 0.25) is 9.84 Å². The first-order valence-electron chi connectivity index (χ1n) is 9.57. The van der Waals surface area contributed by atoms with Crippen molar-refractivity contribution in [2.75, 3.05) is 23.3 Å². The van der Waals surface area contributed by atoms with Gasteiger partial charge in [0, 0.05) is 24.7 Å². The number of piperidine rings is 1. The number of nitro benzene ring substituents is 1. The molecule has 8 nitrogen and oxygen atoms in total. The number of nitrogens with one attached hydrogen (secondary N) is 1. The van der Waals surface area contributed by atoms with Crippen LogP contribution in [0.15, 0.2) is 47.4 Å². The Morgan fingerprint density at radius 1 is 1.19 bits per heavy atom. The minimum absolute atomic E-state index is 0.0925. The third-order valence-electron chi connectivity index (χ3n) is 5.23. The predicted molar refractivity (Wildman–Crippen MR) is 111 cm³/mol. The highest BCUT2D eigenvalue weighted by Crippen LogP contribution is 2.33. The van der Waals surface area contributed by atoms with E-state index < -0.39 is 31.3 Å². The lowest BCUT2D eigenvalue weighted by molar-refractivity contribution is -0.384.